The minimum atomic E-state index is -0.318. The van der Waals surface area contributed by atoms with E-state index in [2.05, 4.69) is 15.6 Å². The summed E-state index contributed by atoms with van der Waals surface area (Å²) in [6.07, 6.45) is 0. The van der Waals surface area contributed by atoms with Crippen LogP contribution in [0.25, 0.3) is 11.5 Å². The monoisotopic (exact) mass is 419 g/mol. The molecular weight excluding hydrogens is 402 g/mol. The van der Waals surface area contributed by atoms with Gasteiger partial charge in [0.2, 0.25) is 5.91 Å². The second-order valence-electron chi connectivity index (χ2n) is 5.96. The Hall–Kier alpha value is -2.84. The predicted molar refractivity (Wildman–Crippen MR) is 108 cm³/mol. The van der Waals surface area contributed by atoms with Gasteiger partial charge in [-0.15, -0.1) is 11.3 Å². The second-order valence-corrected chi connectivity index (χ2v) is 7.25. The van der Waals surface area contributed by atoms with Crippen LogP contribution in [0.3, 0.4) is 0 Å². The Morgan fingerprint density at radius 1 is 1.29 bits per heavy atom. The Balaban J connectivity index is 1.55. The summed E-state index contributed by atoms with van der Waals surface area (Å²) in [5.74, 6) is 1.33. The van der Waals surface area contributed by atoms with Crippen molar-refractivity contribution in [3.8, 4) is 17.2 Å². The first-order valence-corrected chi connectivity index (χ1v) is 9.64. The van der Waals surface area contributed by atoms with Crippen LogP contribution >= 0.6 is 22.9 Å². The van der Waals surface area contributed by atoms with Gasteiger partial charge < -0.3 is 14.5 Å². The lowest BCUT2D eigenvalue weighted by Crippen LogP contribution is -2.20. The number of ether oxygens (including phenoxy) is 1. The van der Waals surface area contributed by atoms with Crippen molar-refractivity contribution in [1.29, 1.82) is 0 Å². The first-order chi connectivity index (χ1) is 13.4. The summed E-state index contributed by atoms with van der Waals surface area (Å²) in [6, 6.07) is 8.74. The standard InChI is InChI=1S/C19H18ClN3O4S/c1-11-7-13(20)3-5-16(11)26-9-18(25)23-19-22-15(10-28-19)17-6-4-14(27-17)8-21-12(2)24/h3-7,10H,8-9H2,1-2H3,(H,21,24)(H,22,23,25). The number of thiazole rings is 1. The van der Waals surface area contributed by atoms with Crippen molar-refractivity contribution in [3.63, 3.8) is 0 Å². The number of furan rings is 1. The van der Waals surface area contributed by atoms with Gasteiger partial charge in [0.05, 0.1) is 6.54 Å². The molecule has 2 heterocycles. The highest BCUT2D eigenvalue weighted by Gasteiger charge is 2.12. The summed E-state index contributed by atoms with van der Waals surface area (Å²) >= 11 is 7.19. The molecule has 0 unspecified atom stereocenters. The van der Waals surface area contributed by atoms with Gasteiger partial charge in [-0.05, 0) is 42.8 Å². The molecular formula is C19H18ClN3O4S. The van der Waals surface area contributed by atoms with Gasteiger partial charge in [-0.25, -0.2) is 4.98 Å². The van der Waals surface area contributed by atoms with Crippen molar-refractivity contribution in [2.75, 3.05) is 11.9 Å². The Bertz CT molecular complexity index is 999. The number of nitrogens with one attached hydrogen (secondary N) is 2. The minimum absolute atomic E-state index is 0.132. The molecule has 0 aliphatic heterocycles. The first kappa shape index (κ1) is 19.9. The maximum absolute atomic E-state index is 12.1. The van der Waals surface area contributed by atoms with Crippen molar-refractivity contribution in [2.45, 2.75) is 20.4 Å². The third-order valence-electron chi connectivity index (χ3n) is 3.67. The lowest BCUT2D eigenvalue weighted by atomic mass is 10.2. The van der Waals surface area contributed by atoms with E-state index in [0.29, 0.717) is 39.7 Å². The van der Waals surface area contributed by atoms with Crippen molar-refractivity contribution in [3.05, 3.63) is 52.1 Å². The number of nitrogens with zero attached hydrogens (tertiary/aromatic N) is 1. The zero-order valence-electron chi connectivity index (χ0n) is 15.2. The number of aromatic nitrogens is 1. The van der Waals surface area contributed by atoms with E-state index >= 15 is 0 Å². The Kier molecular flexibility index (Phi) is 6.33. The van der Waals surface area contributed by atoms with Crippen molar-refractivity contribution in [2.24, 2.45) is 0 Å². The number of aryl methyl sites for hydroxylation is 1. The summed E-state index contributed by atoms with van der Waals surface area (Å²) in [7, 11) is 0. The topological polar surface area (TPSA) is 93.5 Å². The average Bonchev–Trinajstić information content (AvgIpc) is 3.28. The smallest absolute Gasteiger partial charge is 0.264 e. The highest BCUT2D eigenvalue weighted by atomic mass is 35.5. The van der Waals surface area contributed by atoms with Crippen LogP contribution in [0.4, 0.5) is 5.13 Å². The fraction of sp³-hybridized carbons (Fsp3) is 0.211. The molecule has 28 heavy (non-hydrogen) atoms. The van der Waals surface area contributed by atoms with Crippen LogP contribution in [0.1, 0.15) is 18.2 Å². The van der Waals surface area contributed by atoms with Gasteiger partial charge in [0.25, 0.3) is 5.91 Å². The van der Waals surface area contributed by atoms with Gasteiger partial charge in [0, 0.05) is 17.3 Å². The largest absolute Gasteiger partial charge is 0.483 e. The molecule has 146 valence electrons. The number of benzene rings is 1. The summed E-state index contributed by atoms with van der Waals surface area (Å²) in [4.78, 5) is 27.4. The molecule has 0 aliphatic rings. The van der Waals surface area contributed by atoms with E-state index in [4.69, 9.17) is 20.8 Å². The van der Waals surface area contributed by atoms with Crippen molar-refractivity contribution in [1.82, 2.24) is 10.3 Å². The quantitative estimate of drug-likeness (QED) is 0.603. The fourth-order valence-corrected chi connectivity index (χ4v) is 3.28. The third kappa shape index (κ3) is 5.34. The molecule has 0 fully saturated rings. The van der Waals surface area contributed by atoms with Crippen LogP contribution in [-0.2, 0) is 16.1 Å². The number of rotatable bonds is 7. The van der Waals surface area contributed by atoms with Crippen LogP contribution in [-0.4, -0.2) is 23.4 Å². The van der Waals surface area contributed by atoms with Gasteiger partial charge in [-0.3, -0.25) is 14.9 Å². The Labute approximate surface area is 170 Å². The molecule has 0 spiro atoms. The molecule has 7 nitrogen and oxygen atoms in total. The predicted octanol–water partition coefficient (Wildman–Crippen LogP) is 4.02. The number of halogens is 1. The molecule has 0 aliphatic carbocycles. The highest BCUT2D eigenvalue weighted by Crippen LogP contribution is 2.27. The summed E-state index contributed by atoms with van der Waals surface area (Å²) in [5.41, 5.74) is 1.45. The first-order valence-electron chi connectivity index (χ1n) is 8.38. The average molecular weight is 420 g/mol. The number of amides is 2. The SMILES string of the molecule is CC(=O)NCc1ccc(-c2csc(NC(=O)COc3ccc(Cl)cc3C)n2)o1. The molecule has 0 saturated carbocycles. The van der Waals surface area contributed by atoms with Gasteiger partial charge in [-0.2, -0.15) is 0 Å². The minimum Gasteiger partial charge on any atom is -0.483 e. The fourth-order valence-electron chi connectivity index (χ4n) is 2.34. The molecule has 3 aromatic rings. The lowest BCUT2D eigenvalue weighted by Gasteiger charge is -2.08. The zero-order valence-corrected chi connectivity index (χ0v) is 16.8. The van der Waals surface area contributed by atoms with E-state index in [9.17, 15) is 9.59 Å². The number of carbonyl (C=O) groups is 2. The van der Waals surface area contributed by atoms with Gasteiger partial charge in [0.15, 0.2) is 17.5 Å². The third-order valence-corrected chi connectivity index (χ3v) is 4.66. The summed E-state index contributed by atoms with van der Waals surface area (Å²) in [6.45, 7) is 3.47. The zero-order chi connectivity index (χ0) is 20.1. The molecule has 0 saturated heterocycles. The molecule has 1 aromatic carbocycles. The molecule has 2 amide bonds. The summed E-state index contributed by atoms with van der Waals surface area (Å²) < 4.78 is 11.2. The molecule has 3 rings (SSSR count). The normalized spacial score (nSPS) is 10.5. The van der Waals surface area contributed by atoms with Crippen LogP contribution in [0, 0.1) is 6.92 Å². The highest BCUT2D eigenvalue weighted by molar-refractivity contribution is 7.14. The van der Waals surface area contributed by atoms with Crippen LogP contribution < -0.4 is 15.4 Å². The van der Waals surface area contributed by atoms with Gasteiger partial charge in [-0.1, -0.05) is 11.6 Å². The van der Waals surface area contributed by atoms with Crippen molar-refractivity contribution < 1.29 is 18.7 Å². The molecule has 2 N–H and O–H groups in total. The number of carbonyl (C=O) groups excluding carboxylic acids is 2. The number of hydrogen-bond acceptors (Lipinski definition) is 6. The van der Waals surface area contributed by atoms with Crippen LogP contribution in [0.15, 0.2) is 40.1 Å². The Morgan fingerprint density at radius 2 is 2.11 bits per heavy atom. The molecule has 2 aromatic heterocycles. The van der Waals surface area contributed by atoms with E-state index < -0.39 is 0 Å². The van der Waals surface area contributed by atoms with Gasteiger partial charge >= 0.3 is 0 Å². The maximum Gasteiger partial charge on any atom is 0.264 e. The Morgan fingerprint density at radius 3 is 2.86 bits per heavy atom. The molecule has 0 bridgehead atoms. The van der Waals surface area contributed by atoms with E-state index in [-0.39, 0.29) is 18.4 Å². The van der Waals surface area contributed by atoms with Crippen molar-refractivity contribution >= 4 is 39.9 Å². The van der Waals surface area contributed by atoms with E-state index in [1.807, 2.05) is 6.92 Å². The van der Waals surface area contributed by atoms with E-state index in [1.54, 1.807) is 35.7 Å². The van der Waals surface area contributed by atoms with Crippen LogP contribution in [0.2, 0.25) is 5.02 Å². The number of hydrogen-bond donors (Lipinski definition) is 2. The van der Waals surface area contributed by atoms with E-state index in [0.717, 1.165) is 5.56 Å². The van der Waals surface area contributed by atoms with Crippen LogP contribution in [0.5, 0.6) is 5.75 Å². The number of anilines is 1. The lowest BCUT2D eigenvalue weighted by molar-refractivity contribution is -0.119. The molecule has 0 atom stereocenters. The maximum atomic E-state index is 12.1. The van der Waals surface area contributed by atoms with Gasteiger partial charge in [0.1, 0.15) is 17.2 Å². The van der Waals surface area contributed by atoms with E-state index in [1.165, 1.54) is 18.3 Å². The molecule has 9 heteroatoms. The second kappa shape index (κ2) is 8.90. The molecule has 0 radical (unpaired) electrons. The summed E-state index contributed by atoms with van der Waals surface area (Å²) in [5, 5.41) is 8.20.